The summed E-state index contributed by atoms with van der Waals surface area (Å²) in [4.78, 5) is 12.2. The third-order valence-corrected chi connectivity index (χ3v) is 4.81. The van der Waals surface area contributed by atoms with Gasteiger partial charge in [-0.2, -0.15) is 0 Å². The van der Waals surface area contributed by atoms with Crippen LogP contribution in [0, 0.1) is 29.1 Å². The Hall–Kier alpha value is -0.590. The summed E-state index contributed by atoms with van der Waals surface area (Å²) in [6.07, 6.45) is 4.34. The Balaban J connectivity index is 2.15. The Morgan fingerprint density at radius 1 is 1.44 bits per heavy atom. The number of hydrogen-bond donors (Lipinski definition) is 0. The maximum atomic E-state index is 12.2. The summed E-state index contributed by atoms with van der Waals surface area (Å²) in [7, 11) is 0. The molecular weight excluding hydrogens is 196 g/mol. The van der Waals surface area contributed by atoms with Crippen LogP contribution in [-0.4, -0.2) is 5.78 Å². The predicted molar refractivity (Wildman–Crippen MR) is 67.1 cm³/mol. The van der Waals surface area contributed by atoms with Gasteiger partial charge in [0.25, 0.3) is 0 Å². The average molecular weight is 220 g/mol. The second-order valence-electron chi connectivity index (χ2n) is 6.62. The molecule has 0 spiro atoms. The number of rotatable bonds is 2. The standard InChI is InChI=1S/C15H24O/c1-9(2)6-7-11-13-12(15(13,4)5)8-10(3)14(11)16/h6,10-13H,7-8H2,1-5H3/t10?,11?,12-,13+/m1/s1. The van der Waals surface area contributed by atoms with Crippen LogP contribution in [-0.2, 0) is 4.79 Å². The number of allylic oxidation sites excluding steroid dienone is 2. The van der Waals surface area contributed by atoms with Gasteiger partial charge in [0.2, 0.25) is 0 Å². The Bertz CT molecular complexity index is 333. The van der Waals surface area contributed by atoms with Gasteiger partial charge in [0, 0.05) is 11.8 Å². The lowest BCUT2D eigenvalue weighted by Gasteiger charge is -2.24. The van der Waals surface area contributed by atoms with Gasteiger partial charge in [-0.3, -0.25) is 4.79 Å². The number of carbonyl (C=O) groups excluding carboxylic acids is 1. The van der Waals surface area contributed by atoms with E-state index in [1.54, 1.807) is 0 Å². The molecule has 0 bridgehead atoms. The minimum Gasteiger partial charge on any atom is -0.299 e. The van der Waals surface area contributed by atoms with E-state index in [1.165, 1.54) is 5.57 Å². The van der Waals surface area contributed by atoms with E-state index in [-0.39, 0.29) is 0 Å². The fraction of sp³-hybridized carbons (Fsp3) is 0.800. The van der Waals surface area contributed by atoms with E-state index in [0.717, 1.165) is 18.8 Å². The van der Waals surface area contributed by atoms with Crippen LogP contribution in [0.2, 0.25) is 0 Å². The highest BCUT2D eigenvalue weighted by Crippen LogP contribution is 2.67. The third-order valence-electron chi connectivity index (χ3n) is 4.81. The summed E-state index contributed by atoms with van der Waals surface area (Å²) in [6.45, 7) is 11.0. The lowest BCUT2D eigenvalue weighted by atomic mass is 9.79. The van der Waals surface area contributed by atoms with E-state index in [1.807, 2.05) is 0 Å². The molecular formula is C15H24O. The lowest BCUT2D eigenvalue weighted by Crippen LogP contribution is -2.28. The molecule has 0 N–H and O–H groups in total. The molecule has 0 aromatic heterocycles. The zero-order valence-electron chi connectivity index (χ0n) is 11.2. The molecule has 0 amide bonds. The van der Waals surface area contributed by atoms with E-state index in [4.69, 9.17) is 0 Å². The van der Waals surface area contributed by atoms with E-state index >= 15 is 0 Å². The molecule has 0 radical (unpaired) electrons. The van der Waals surface area contributed by atoms with Crippen molar-refractivity contribution in [1.82, 2.24) is 0 Å². The zero-order chi connectivity index (χ0) is 12.1. The third kappa shape index (κ3) is 1.74. The second kappa shape index (κ2) is 3.72. The molecule has 90 valence electrons. The molecule has 1 nitrogen and oxygen atoms in total. The molecule has 16 heavy (non-hydrogen) atoms. The average Bonchev–Trinajstić information content (AvgIpc) is 2.69. The first kappa shape index (κ1) is 11.9. The smallest absolute Gasteiger partial charge is 0.139 e. The molecule has 2 aliphatic carbocycles. The molecule has 2 aliphatic rings. The van der Waals surface area contributed by atoms with Gasteiger partial charge in [-0.25, -0.2) is 0 Å². The summed E-state index contributed by atoms with van der Waals surface area (Å²) in [5.74, 6) is 2.57. The molecule has 0 heterocycles. The van der Waals surface area contributed by atoms with Crippen molar-refractivity contribution >= 4 is 5.78 Å². The van der Waals surface area contributed by atoms with Gasteiger partial charge >= 0.3 is 0 Å². The van der Waals surface area contributed by atoms with Gasteiger partial charge in [-0.1, -0.05) is 32.4 Å². The van der Waals surface area contributed by atoms with Gasteiger partial charge in [-0.05, 0) is 43.9 Å². The van der Waals surface area contributed by atoms with Crippen LogP contribution in [0.4, 0.5) is 0 Å². The van der Waals surface area contributed by atoms with Crippen LogP contribution in [0.25, 0.3) is 0 Å². The van der Waals surface area contributed by atoms with Gasteiger partial charge < -0.3 is 0 Å². The largest absolute Gasteiger partial charge is 0.299 e. The SMILES string of the molecule is CC(C)=CCC1C(=O)C(C)C[C@@H]2[C@H]1C2(C)C. The van der Waals surface area contributed by atoms with Crippen LogP contribution in [0.5, 0.6) is 0 Å². The summed E-state index contributed by atoms with van der Waals surface area (Å²) < 4.78 is 0. The number of carbonyl (C=O) groups is 1. The van der Waals surface area contributed by atoms with Crippen LogP contribution in [0.15, 0.2) is 11.6 Å². The molecule has 2 fully saturated rings. The molecule has 0 aliphatic heterocycles. The van der Waals surface area contributed by atoms with Crippen molar-refractivity contribution in [1.29, 1.82) is 0 Å². The maximum absolute atomic E-state index is 12.2. The Labute approximate surface area is 99.3 Å². The monoisotopic (exact) mass is 220 g/mol. The van der Waals surface area contributed by atoms with Gasteiger partial charge in [0.05, 0.1) is 0 Å². The fourth-order valence-corrected chi connectivity index (χ4v) is 3.70. The lowest BCUT2D eigenvalue weighted by molar-refractivity contribution is -0.128. The molecule has 2 saturated carbocycles. The van der Waals surface area contributed by atoms with Crippen molar-refractivity contribution in [2.75, 3.05) is 0 Å². The van der Waals surface area contributed by atoms with Gasteiger partial charge in [-0.15, -0.1) is 0 Å². The van der Waals surface area contributed by atoms with E-state index in [9.17, 15) is 4.79 Å². The van der Waals surface area contributed by atoms with E-state index in [0.29, 0.717) is 29.0 Å². The highest BCUT2D eigenvalue weighted by atomic mass is 16.1. The van der Waals surface area contributed by atoms with Gasteiger partial charge in [0.15, 0.2) is 0 Å². The first-order valence-corrected chi connectivity index (χ1v) is 6.52. The van der Waals surface area contributed by atoms with Crippen molar-refractivity contribution in [2.45, 2.75) is 47.5 Å². The van der Waals surface area contributed by atoms with Crippen LogP contribution in [0.3, 0.4) is 0 Å². The van der Waals surface area contributed by atoms with E-state index < -0.39 is 0 Å². The molecule has 0 saturated heterocycles. The molecule has 2 unspecified atom stereocenters. The quantitative estimate of drug-likeness (QED) is 0.646. The Morgan fingerprint density at radius 2 is 2.06 bits per heavy atom. The Morgan fingerprint density at radius 3 is 2.62 bits per heavy atom. The van der Waals surface area contributed by atoms with Crippen molar-refractivity contribution in [2.24, 2.45) is 29.1 Å². The summed E-state index contributed by atoms with van der Waals surface area (Å²) in [5, 5.41) is 0. The minimum atomic E-state index is 0.290. The highest BCUT2D eigenvalue weighted by Gasteiger charge is 2.64. The van der Waals surface area contributed by atoms with Crippen LogP contribution in [0.1, 0.15) is 47.5 Å². The summed E-state index contributed by atoms with van der Waals surface area (Å²) in [5.41, 5.74) is 1.75. The topological polar surface area (TPSA) is 17.1 Å². The number of fused-ring (bicyclic) bond motifs is 1. The van der Waals surface area contributed by atoms with Crippen molar-refractivity contribution < 1.29 is 4.79 Å². The highest BCUT2D eigenvalue weighted by molar-refractivity contribution is 5.85. The van der Waals surface area contributed by atoms with Crippen molar-refractivity contribution in [3.8, 4) is 0 Å². The van der Waals surface area contributed by atoms with Crippen molar-refractivity contribution in [3.63, 3.8) is 0 Å². The number of ketones is 1. The van der Waals surface area contributed by atoms with Crippen molar-refractivity contribution in [3.05, 3.63) is 11.6 Å². The molecule has 2 rings (SSSR count). The molecule has 0 aromatic rings. The molecule has 1 heteroatoms. The maximum Gasteiger partial charge on any atom is 0.139 e. The predicted octanol–water partition coefficient (Wildman–Crippen LogP) is 3.84. The van der Waals surface area contributed by atoms with E-state index in [2.05, 4.69) is 40.7 Å². The Kier molecular flexibility index (Phi) is 2.76. The number of Topliss-reactive ketones (excluding diaryl/α,β-unsaturated/α-hetero) is 1. The second-order valence-corrected chi connectivity index (χ2v) is 6.62. The molecule has 0 aromatic carbocycles. The fourth-order valence-electron chi connectivity index (χ4n) is 3.70. The first-order valence-electron chi connectivity index (χ1n) is 6.52. The zero-order valence-corrected chi connectivity index (χ0v) is 11.2. The van der Waals surface area contributed by atoms with Gasteiger partial charge in [0.1, 0.15) is 5.78 Å². The minimum absolute atomic E-state index is 0.290. The molecule has 4 atom stereocenters. The number of hydrogen-bond acceptors (Lipinski definition) is 1. The normalized spacial score (nSPS) is 40.2. The first-order chi connectivity index (χ1) is 7.35. The van der Waals surface area contributed by atoms with Crippen LogP contribution >= 0.6 is 0 Å². The van der Waals surface area contributed by atoms with Crippen LogP contribution < -0.4 is 0 Å². The summed E-state index contributed by atoms with van der Waals surface area (Å²) >= 11 is 0. The summed E-state index contributed by atoms with van der Waals surface area (Å²) in [6, 6.07) is 0.